The molecule has 2 aliphatic rings. The summed E-state index contributed by atoms with van der Waals surface area (Å²) < 4.78 is 27.1. The molecule has 2 heterocycles. The van der Waals surface area contributed by atoms with Gasteiger partial charge in [-0.05, 0) is 69.3 Å². The molecule has 0 radical (unpaired) electrons. The number of carbonyl (C=O) groups excluding carboxylic acids is 1. The van der Waals surface area contributed by atoms with Gasteiger partial charge in [0.1, 0.15) is 0 Å². The van der Waals surface area contributed by atoms with Crippen molar-refractivity contribution in [3.05, 3.63) is 29.8 Å². The summed E-state index contributed by atoms with van der Waals surface area (Å²) in [7, 11) is -3.47. The third kappa shape index (κ3) is 4.27. The molecule has 144 valence electrons. The molecule has 0 aromatic heterocycles. The third-order valence-electron chi connectivity index (χ3n) is 5.58. The highest BCUT2D eigenvalue weighted by Gasteiger charge is 2.28. The first-order chi connectivity index (χ1) is 12.4. The van der Waals surface area contributed by atoms with Crippen LogP contribution in [0.4, 0.5) is 0 Å². The first-order valence-corrected chi connectivity index (χ1v) is 11.0. The average Bonchev–Trinajstić information content (AvgIpc) is 2.64. The monoisotopic (exact) mass is 379 g/mol. The van der Waals surface area contributed by atoms with Gasteiger partial charge in [-0.2, -0.15) is 4.31 Å². The van der Waals surface area contributed by atoms with Crippen molar-refractivity contribution >= 4 is 15.9 Å². The molecule has 2 N–H and O–H groups in total. The van der Waals surface area contributed by atoms with Gasteiger partial charge in [0.15, 0.2) is 0 Å². The molecular formula is C19H29N3O3S. The fourth-order valence-corrected chi connectivity index (χ4v) is 5.12. The fourth-order valence-electron chi connectivity index (χ4n) is 3.65. The minimum atomic E-state index is -3.47. The Labute approximate surface area is 156 Å². The van der Waals surface area contributed by atoms with Gasteiger partial charge in [0.2, 0.25) is 10.0 Å². The summed E-state index contributed by atoms with van der Waals surface area (Å²) in [5.41, 5.74) is 0.494. The summed E-state index contributed by atoms with van der Waals surface area (Å²) in [5, 5.41) is 6.41. The Kier molecular flexibility index (Phi) is 5.99. The van der Waals surface area contributed by atoms with E-state index < -0.39 is 10.0 Å². The van der Waals surface area contributed by atoms with Crippen LogP contribution >= 0.6 is 0 Å². The second-order valence-corrected chi connectivity index (χ2v) is 9.51. The maximum Gasteiger partial charge on any atom is 0.251 e. The minimum absolute atomic E-state index is 0.106. The molecule has 2 fully saturated rings. The number of amides is 1. The van der Waals surface area contributed by atoms with E-state index in [4.69, 9.17) is 0 Å². The Morgan fingerprint density at radius 1 is 1.12 bits per heavy atom. The van der Waals surface area contributed by atoms with Crippen molar-refractivity contribution in [1.29, 1.82) is 0 Å². The highest BCUT2D eigenvalue weighted by Crippen LogP contribution is 2.23. The standard InChI is InChI=1S/C19H29N3O3S/c1-14-9-12-22(13-10-14)26(24,25)17-7-5-16(6-8-17)19(23)21-18-4-3-11-20-15(18)2/h5-8,14-15,18,20H,3-4,9-13H2,1-2H3,(H,21,23). The van der Waals surface area contributed by atoms with Gasteiger partial charge in [0, 0.05) is 30.7 Å². The van der Waals surface area contributed by atoms with Gasteiger partial charge >= 0.3 is 0 Å². The van der Waals surface area contributed by atoms with Gasteiger partial charge < -0.3 is 10.6 Å². The third-order valence-corrected chi connectivity index (χ3v) is 7.49. The Bertz CT molecular complexity index is 725. The van der Waals surface area contributed by atoms with Crippen molar-refractivity contribution in [1.82, 2.24) is 14.9 Å². The van der Waals surface area contributed by atoms with Crippen LogP contribution in [0.3, 0.4) is 0 Å². The molecule has 1 aromatic carbocycles. The molecule has 2 aliphatic heterocycles. The molecule has 0 aliphatic carbocycles. The topological polar surface area (TPSA) is 78.5 Å². The predicted molar refractivity (Wildman–Crippen MR) is 102 cm³/mol. The number of hydrogen-bond donors (Lipinski definition) is 2. The van der Waals surface area contributed by atoms with Crippen LogP contribution in [0.25, 0.3) is 0 Å². The van der Waals surface area contributed by atoms with Gasteiger partial charge in [0.05, 0.1) is 4.90 Å². The smallest absolute Gasteiger partial charge is 0.251 e. The van der Waals surface area contributed by atoms with E-state index in [9.17, 15) is 13.2 Å². The van der Waals surface area contributed by atoms with Crippen molar-refractivity contribution < 1.29 is 13.2 Å². The van der Waals surface area contributed by atoms with Crippen LogP contribution in [0, 0.1) is 5.92 Å². The zero-order chi connectivity index (χ0) is 18.7. The Balaban J connectivity index is 1.66. The molecule has 2 unspecified atom stereocenters. The molecule has 3 rings (SSSR count). The molecule has 0 saturated carbocycles. The summed E-state index contributed by atoms with van der Waals surface area (Å²) in [4.78, 5) is 12.7. The quantitative estimate of drug-likeness (QED) is 0.838. The molecule has 0 spiro atoms. The van der Waals surface area contributed by atoms with Crippen LogP contribution in [0.15, 0.2) is 29.2 Å². The number of nitrogens with one attached hydrogen (secondary N) is 2. The summed E-state index contributed by atoms with van der Waals surface area (Å²) in [6.45, 7) is 6.34. The second-order valence-electron chi connectivity index (χ2n) is 7.58. The number of rotatable bonds is 4. The minimum Gasteiger partial charge on any atom is -0.348 e. The van der Waals surface area contributed by atoms with Gasteiger partial charge in [-0.15, -0.1) is 0 Å². The summed E-state index contributed by atoms with van der Waals surface area (Å²) in [6.07, 6.45) is 3.79. The van der Waals surface area contributed by atoms with E-state index >= 15 is 0 Å². The van der Waals surface area contributed by atoms with E-state index in [0.29, 0.717) is 24.6 Å². The van der Waals surface area contributed by atoms with Crippen molar-refractivity contribution in [2.24, 2.45) is 5.92 Å². The first kappa shape index (κ1) is 19.3. The van der Waals surface area contributed by atoms with E-state index in [-0.39, 0.29) is 22.9 Å². The zero-order valence-electron chi connectivity index (χ0n) is 15.6. The lowest BCUT2D eigenvalue weighted by atomic mass is 9.99. The van der Waals surface area contributed by atoms with Gasteiger partial charge in [-0.3, -0.25) is 4.79 Å². The van der Waals surface area contributed by atoms with Crippen LogP contribution < -0.4 is 10.6 Å². The number of carbonyl (C=O) groups is 1. The molecule has 1 amide bonds. The van der Waals surface area contributed by atoms with Crippen LogP contribution in [0.2, 0.25) is 0 Å². The highest BCUT2D eigenvalue weighted by atomic mass is 32.2. The molecule has 7 heteroatoms. The van der Waals surface area contributed by atoms with Gasteiger partial charge in [-0.1, -0.05) is 6.92 Å². The largest absolute Gasteiger partial charge is 0.348 e. The second kappa shape index (κ2) is 8.06. The molecule has 26 heavy (non-hydrogen) atoms. The van der Waals surface area contributed by atoms with Crippen LogP contribution in [0.5, 0.6) is 0 Å². The van der Waals surface area contributed by atoms with Crippen LogP contribution in [-0.2, 0) is 10.0 Å². The lowest BCUT2D eigenvalue weighted by molar-refractivity contribution is 0.0919. The van der Waals surface area contributed by atoms with Gasteiger partial charge in [-0.25, -0.2) is 8.42 Å². The van der Waals surface area contributed by atoms with E-state index in [2.05, 4.69) is 24.5 Å². The lowest BCUT2D eigenvalue weighted by Gasteiger charge is -2.30. The molecule has 2 atom stereocenters. The number of benzene rings is 1. The van der Waals surface area contributed by atoms with Crippen molar-refractivity contribution in [2.75, 3.05) is 19.6 Å². The van der Waals surface area contributed by atoms with E-state index in [0.717, 1.165) is 32.2 Å². The molecule has 6 nitrogen and oxygen atoms in total. The lowest BCUT2D eigenvalue weighted by Crippen LogP contribution is -2.51. The molecule has 0 bridgehead atoms. The summed E-state index contributed by atoms with van der Waals surface area (Å²) in [5.74, 6) is 0.422. The Morgan fingerprint density at radius 2 is 1.77 bits per heavy atom. The maximum absolute atomic E-state index is 12.8. The maximum atomic E-state index is 12.8. The number of hydrogen-bond acceptors (Lipinski definition) is 4. The van der Waals surface area contributed by atoms with E-state index in [1.807, 2.05) is 0 Å². The van der Waals surface area contributed by atoms with Crippen molar-refractivity contribution in [3.63, 3.8) is 0 Å². The Morgan fingerprint density at radius 3 is 2.38 bits per heavy atom. The van der Waals surface area contributed by atoms with E-state index in [1.165, 1.54) is 0 Å². The SMILES string of the molecule is CC1CCN(S(=O)(=O)c2ccc(C(=O)NC3CCCNC3C)cc2)CC1. The highest BCUT2D eigenvalue weighted by molar-refractivity contribution is 7.89. The summed E-state index contributed by atoms with van der Waals surface area (Å²) >= 11 is 0. The molecule has 1 aromatic rings. The number of piperidine rings is 2. The average molecular weight is 380 g/mol. The van der Waals surface area contributed by atoms with Crippen LogP contribution in [0.1, 0.15) is 49.9 Å². The van der Waals surface area contributed by atoms with Crippen molar-refractivity contribution in [3.8, 4) is 0 Å². The predicted octanol–water partition coefficient (Wildman–Crippen LogP) is 1.98. The number of sulfonamides is 1. The Hall–Kier alpha value is -1.44. The van der Waals surface area contributed by atoms with E-state index in [1.54, 1.807) is 28.6 Å². The first-order valence-electron chi connectivity index (χ1n) is 9.52. The van der Waals surface area contributed by atoms with Crippen LogP contribution in [-0.4, -0.2) is 50.3 Å². The number of nitrogens with zero attached hydrogens (tertiary/aromatic N) is 1. The summed E-state index contributed by atoms with van der Waals surface area (Å²) in [6, 6.07) is 6.66. The molecular weight excluding hydrogens is 350 g/mol. The van der Waals surface area contributed by atoms with Gasteiger partial charge in [0.25, 0.3) is 5.91 Å². The molecule has 2 saturated heterocycles. The zero-order valence-corrected chi connectivity index (χ0v) is 16.4. The van der Waals surface area contributed by atoms with Crippen molar-refractivity contribution in [2.45, 2.75) is 56.5 Å². The fraction of sp³-hybridized carbons (Fsp3) is 0.632. The normalized spacial score (nSPS) is 25.8.